The molecule has 4 aromatic rings. The summed E-state index contributed by atoms with van der Waals surface area (Å²) in [4.78, 5) is 13.6. The second-order valence-electron chi connectivity index (χ2n) is 6.86. The second-order valence-corrected chi connectivity index (χ2v) is 6.86. The Balaban J connectivity index is 1.67. The zero-order chi connectivity index (χ0) is 19.1. The molecule has 0 atom stereocenters. The number of fused-ring (bicyclic) bond motifs is 2. The van der Waals surface area contributed by atoms with Crippen LogP contribution in [0.25, 0.3) is 28.4 Å². The van der Waals surface area contributed by atoms with E-state index in [1.165, 1.54) is 6.07 Å². The Kier molecular flexibility index (Phi) is 3.86. The average Bonchev–Trinajstić information content (AvgIpc) is 3.18. The fourth-order valence-corrected chi connectivity index (χ4v) is 3.56. The zero-order valence-corrected chi connectivity index (χ0v) is 15.3. The SMILES string of the molecule is Cc1cccc2c(Nc3cc(F)c4c(c3)C=CC4)nc(-c3ccncc3)nc12. The lowest BCUT2D eigenvalue weighted by Crippen LogP contribution is -2.01. The summed E-state index contributed by atoms with van der Waals surface area (Å²) >= 11 is 0. The smallest absolute Gasteiger partial charge is 0.162 e. The van der Waals surface area contributed by atoms with Crippen molar-refractivity contribution in [2.45, 2.75) is 13.3 Å². The number of para-hydroxylation sites is 1. The van der Waals surface area contributed by atoms with E-state index in [0.29, 0.717) is 23.8 Å². The van der Waals surface area contributed by atoms with E-state index in [-0.39, 0.29) is 5.82 Å². The van der Waals surface area contributed by atoms with Gasteiger partial charge in [0.05, 0.1) is 5.52 Å². The molecule has 5 heteroatoms. The summed E-state index contributed by atoms with van der Waals surface area (Å²) in [6, 6.07) is 13.2. The first-order valence-corrected chi connectivity index (χ1v) is 9.13. The van der Waals surface area contributed by atoms with Gasteiger partial charge in [0, 0.05) is 29.0 Å². The lowest BCUT2D eigenvalue weighted by atomic mass is 10.1. The maximum Gasteiger partial charge on any atom is 0.162 e. The van der Waals surface area contributed by atoms with E-state index in [1.54, 1.807) is 12.4 Å². The highest BCUT2D eigenvalue weighted by Gasteiger charge is 2.15. The van der Waals surface area contributed by atoms with E-state index in [9.17, 15) is 4.39 Å². The highest BCUT2D eigenvalue weighted by atomic mass is 19.1. The Morgan fingerprint density at radius 2 is 1.89 bits per heavy atom. The number of pyridine rings is 1. The van der Waals surface area contributed by atoms with Crippen LogP contribution in [0, 0.1) is 12.7 Å². The highest BCUT2D eigenvalue weighted by Crippen LogP contribution is 2.31. The largest absolute Gasteiger partial charge is 0.339 e. The third-order valence-electron chi connectivity index (χ3n) is 4.98. The number of halogens is 1. The maximum atomic E-state index is 14.5. The molecule has 0 aliphatic heterocycles. The van der Waals surface area contributed by atoms with Crippen molar-refractivity contribution in [3.63, 3.8) is 0 Å². The molecule has 0 bridgehead atoms. The highest BCUT2D eigenvalue weighted by molar-refractivity contribution is 5.94. The zero-order valence-electron chi connectivity index (χ0n) is 15.3. The van der Waals surface area contributed by atoms with Crippen LogP contribution in [0.15, 0.2) is 60.9 Å². The topological polar surface area (TPSA) is 50.7 Å². The summed E-state index contributed by atoms with van der Waals surface area (Å²) in [5.74, 6) is 1.06. The monoisotopic (exact) mass is 368 g/mol. The van der Waals surface area contributed by atoms with Gasteiger partial charge in [-0.2, -0.15) is 0 Å². The number of nitrogens with one attached hydrogen (secondary N) is 1. The Labute approximate surface area is 161 Å². The molecule has 4 nitrogen and oxygen atoms in total. The third-order valence-corrected chi connectivity index (χ3v) is 4.98. The predicted molar refractivity (Wildman–Crippen MR) is 110 cm³/mol. The van der Waals surface area contributed by atoms with E-state index in [0.717, 1.165) is 33.2 Å². The van der Waals surface area contributed by atoms with Crippen LogP contribution in [-0.2, 0) is 6.42 Å². The Morgan fingerprint density at radius 1 is 1.04 bits per heavy atom. The lowest BCUT2D eigenvalue weighted by Gasteiger charge is -2.13. The fourth-order valence-electron chi connectivity index (χ4n) is 3.56. The minimum atomic E-state index is -0.200. The molecular weight excluding hydrogens is 351 g/mol. The number of benzene rings is 2. The van der Waals surface area contributed by atoms with Crippen LogP contribution in [0.4, 0.5) is 15.9 Å². The molecular formula is C23H17FN4. The molecule has 1 aliphatic carbocycles. The molecule has 0 spiro atoms. The van der Waals surface area contributed by atoms with E-state index < -0.39 is 0 Å². The first kappa shape index (κ1) is 16.6. The fraction of sp³-hybridized carbons (Fsp3) is 0.0870. The van der Waals surface area contributed by atoms with Gasteiger partial charge in [0.15, 0.2) is 5.82 Å². The number of rotatable bonds is 3. The number of hydrogen-bond donors (Lipinski definition) is 1. The Morgan fingerprint density at radius 3 is 2.75 bits per heavy atom. The Hall–Kier alpha value is -3.60. The van der Waals surface area contributed by atoms with Crippen LogP contribution in [0.5, 0.6) is 0 Å². The van der Waals surface area contributed by atoms with E-state index in [2.05, 4.69) is 10.3 Å². The molecule has 0 fully saturated rings. The minimum Gasteiger partial charge on any atom is -0.339 e. The quantitative estimate of drug-likeness (QED) is 0.522. The van der Waals surface area contributed by atoms with E-state index >= 15 is 0 Å². The van der Waals surface area contributed by atoms with Crippen LogP contribution in [0.2, 0.25) is 0 Å². The lowest BCUT2D eigenvalue weighted by molar-refractivity contribution is 0.616. The summed E-state index contributed by atoms with van der Waals surface area (Å²) in [7, 11) is 0. The average molecular weight is 368 g/mol. The van der Waals surface area contributed by atoms with Gasteiger partial charge in [0.2, 0.25) is 0 Å². The minimum absolute atomic E-state index is 0.200. The molecule has 5 rings (SSSR count). The third kappa shape index (κ3) is 2.81. The van der Waals surface area contributed by atoms with Gasteiger partial charge in [-0.05, 0) is 60.4 Å². The number of anilines is 2. The Bertz CT molecular complexity index is 1230. The van der Waals surface area contributed by atoms with Gasteiger partial charge in [-0.1, -0.05) is 24.3 Å². The van der Waals surface area contributed by atoms with Crippen molar-refractivity contribution < 1.29 is 4.39 Å². The van der Waals surface area contributed by atoms with Gasteiger partial charge in [0.1, 0.15) is 11.6 Å². The first-order chi connectivity index (χ1) is 13.7. The molecule has 2 aromatic carbocycles. The summed E-state index contributed by atoms with van der Waals surface area (Å²) in [5.41, 5.74) is 5.13. The number of hydrogen-bond acceptors (Lipinski definition) is 4. The van der Waals surface area contributed by atoms with Gasteiger partial charge in [-0.3, -0.25) is 4.98 Å². The van der Waals surface area contributed by atoms with Crippen molar-refractivity contribution in [3.05, 3.63) is 83.4 Å². The number of aromatic nitrogens is 3. The summed E-state index contributed by atoms with van der Waals surface area (Å²) in [6.45, 7) is 2.02. The van der Waals surface area contributed by atoms with Crippen LogP contribution in [-0.4, -0.2) is 15.0 Å². The molecule has 1 aliphatic rings. The van der Waals surface area contributed by atoms with Crippen LogP contribution >= 0.6 is 0 Å². The summed E-state index contributed by atoms with van der Waals surface area (Å²) in [5, 5.41) is 4.21. The maximum absolute atomic E-state index is 14.5. The normalized spacial score (nSPS) is 12.4. The molecule has 28 heavy (non-hydrogen) atoms. The predicted octanol–water partition coefficient (Wildman–Crippen LogP) is 5.45. The van der Waals surface area contributed by atoms with Crippen LogP contribution in [0.1, 0.15) is 16.7 Å². The number of nitrogens with zero attached hydrogens (tertiary/aromatic N) is 3. The van der Waals surface area contributed by atoms with Gasteiger partial charge < -0.3 is 5.32 Å². The molecule has 0 radical (unpaired) electrons. The summed E-state index contributed by atoms with van der Waals surface area (Å²) in [6.07, 6.45) is 8.01. The van der Waals surface area contributed by atoms with Crippen LogP contribution < -0.4 is 5.32 Å². The molecule has 0 saturated carbocycles. The number of aryl methyl sites for hydroxylation is 1. The second kappa shape index (κ2) is 6.53. The number of allylic oxidation sites excluding steroid dienone is 1. The van der Waals surface area contributed by atoms with Crippen molar-refractivity contribution in [1.82, 2.24) is 15.0 Å². The summed E-state index contributed by atoms with van der Waals surface area (Å²) < 4.78 is 14.5. The molecule has 136 valence electrons. The van der Waals surface area contributed by atoms with Crippen molar-refractivity contribution >= 4 is 28.5 Å². The van der Waals surface area contributed by atoms with E-state index in [1.807, 2.05) is 55.5 Å². The van der Waals surface area contributed by atoms with Gasteiger partial charge >= 0.3 is 0 Å². The van der Waals surface area contributed by atoms with Crippen molar-refractivity contribution in [2.75, 3.05) is 5.32 Å². The van der Waals surface area contributed by atoms with Crippen molar-refractivity contribution in [2.24, 2.45) is 0 Å². The molecule has 0 saturated heterocycles. The molecule has 0 amide bonds. The van der Waals surface area contributed by atoms with Crippen molar-refractivity contribution in [3.8, 4) is 11.4 Å². The van der Waals surface area contributed by atoms with Gasteiger partial charge in [-0.15, -0.1) is 0 Å². The molecule has 0 unspecified atom stereocenters. The van der Waals surface area contributed by atoms with E-state index in [4.69, 9.17) is 9.97 Å². The molecule has 1 N–H and O–H groups in total. The van der Waals surface area contributed by atoms with Gasteiger partial charge in [0.25, 0.3) is 0 Å². The molecule has 2 aromatic heterocycles. The first-order valence-electron chi connectivity index (χ1n) is 9.13. The molecule has 2 heterocycles. The van der Waals surface area contributed by atoms with Crippen LogP contribution in [0.3, 0.4) is 0 Å². The van der Waals surface area contributed by atoms with Gasteiger partial charge in [-0.25, -0.2) is 14.4 Å². The standard InChI is InChI=1S/C23H17FN4/c1-14-4-2-7-19-21(14)27-22(15-8-10-25-11-9-15)28-23(19)26-17-12-16-5-3-6-18(16)20(24)13-17/h2-5,7-13H,6H2,1H3,(H,26,27,28). The van der Waals surface area contributed by atoms with Crippen molar-refractivity contribution in [1.29, 1.82) is 0 Å².